The van der Waals surface area contributed by atoms with Crippen molar-refractivity contribution in [2.24, 2.45) is 0 Å². The van der Waals surface area contributed by atoms with Crippen molar-refractivity contribution < 1.29 is 0 Å². The zero-order valence-corrected chi connectivity index (χ0v) is 8.61. The molecule has 0 aliphatic rings. The Hall–Kier alpha value is -0.580. The van der Waals surface area contributed by atoms with Crippen LogP contribution in [0.2, 0.25) is 0 Å². The number of halogens is 1. The summed E-state index contributed by atoms with van der Waals surface area (Å²) in [6.07, 6.45) is 4.05. The van der Waals surface area contributed by atoms with Crippen LogP contribution in [0.15, 0.2) is 17.8 Å². The van der Waals surface area contributed by atoms with E-state index in [1.165, 1.54) is 0 Å². The lowest BCUT2D eigenvalue weighted by molar-refractivity contribution is 0.718. The van der Waals surface area contributed by atoms with Crippen molar-refractivity contribution in [3.63, 3.8) is 0 Å². The number of thiazole rings is 1. The van der Waals surface area contributed by atoms with Crippen LogP contribution in [-0.4, -0.2) is 21.8 Å². The molecule has 0 bridgehead atoms. The van der Waals surface area contributed by atoms with Crippen molar-refractivity contribution in [1.29, 1.82) is 0 Å². The Morgan fingerprint density at radius 2 is 2.54 bits per heavy atom. The molecule has 0 unspecified atom stereocenters. The standard InChI is InChI=1S/C8H10ClN3S/c9-1-2-10-5-7-6-12-3-4-13-8(12)11-7/h3-4,6,10H,1-2,5H2. The van der Waals surface area contributed by atoms with Crippen LogP contribution in [0.1, 0.15) is 5.69 Å². The van der Waals surface area contributed by atoms with Gasteiger partial charge in [0.05, 0.1) is 5.69 Å². The van der Waals surface area contributed by atoms with Gasteiger partial charge in [-0.1, -0.05) is 0 Å². The maximum atomic E-state index is 5.54. The minimum Gasteiger partial charge on any atom is -0.310 e. The Labute approximate surface area is 85.4 Å². The zero-order chi connectivity index (χ0) is 9.10. The number of aromatic nitrogens is 2. The number of nitrogens with one attached hydrogen (secondary N) is 1. The van der Waals surface area contributed by atoms with Crippen molar-refractivity contribution >= 4 is 27.9 Å². The van der Waals surface area contributed by atoms with E-state index in [4.69, 9.17) is 11.6 Å². The molecule has 2 rings (SSSR count). The highest BCUT2D eigenvalue weighted by atomic mass is 35.5. The van der Waals surface area contributed by atoms with E-state index in [0.29, 0.717) is 5.88 Å². The first-order chi connectivity index (χ1) is 6.40. The molecule has 0 atom stereocenters. The average Bonchev–Trinajstić information content (AvgIpc) is 2.64. The van der Waals surface area contributed by atoms with E-state index in [1.807, 2.05) is 22.2 Å². The van der Waals surface area contributed by atoms with Crippen LogP contribution >= 0.6 is 22.9 Å². The molecule has 0 saturated heterocycles. The van der Waals surface area contributed by atoms with Gasteiger partial charge in [-0.25, -0.2) is 4.98 Å². The molecule has 2 aromatic heterocycles. The lowest BCUT2D eigenvalue weighted by Crippen LogP contribution is -2.15. The van der Waals surface area contributed by atoms with E-state index in [9.17, 15) is 0 Å². The number of alkyl halides is 1. The number of imidazole rings is 1. The smallest absolute Gasteiger partial charge is 0.193 e. The molecule has 13 heavy (non-hydrogen) atoms. The van der Waals surface area contributed by atoms with Crippen molar-refractivity contribution in [1.82, 2.24) is 14.7 Å². The molecule has 70 valence electrons. The molecule has 2 heterocycles. The number of nitrogens with zero attached hydrogens (tertiary/aromatic N) is 2. The lowest BCUT2D eigenvalue weighted by Gasteiger charge is -1.96. The van der Waals surface area contributed by atoms with Crippen molar-refractivity contribution in [3.8, 4) is 0 Å². The summed E-state index contributed by atoms with van der Waals surface area (Å²) in [6, 6.07) is 0. The molecule has 2 aromatic rings. The van der Waals surface area contributed by atoms with Crippen molar-refractivity contribution in [2.45, 2.75) is 6.54 Å². The van der Waals surface area contributed by atoms with E-state index in [1.54, 1.807) is 11.3 Å². The summed E-state index contributed by atoms with van der Waals surface area (Å²) < 4.78 is 2.03. The van der Waals surface area contributed by atoms with Gasteiger partial charge < -0.3 is 5.32 Å². The van der Waals surface area contributed by atoms with Crippen LogP contribution < -0.4 is 5.32 Å². The number of fused-ring (bicyclic) bond motifs is 1. The first-order valence-corrected chi connectivity index (χ1v) is 5.49. The number of rotatable bonds is 4. The summed E-state index contributed by atoms with van der Waals surface area (Å²) in [5.41, 5.74) is 1.07. The Kier molecular flexibility index (Phi) is 2.83. The molecule has 0 aromatic carbocycles. The molecule has 0 radical (unpaired) electrons. The summed E-state index contributed by atoms with van der Waals surface area (Å²) in [7, 11) is 0. The molecule has 0 amide bonds. The predicted octanol–water partition coefficient (Wildman–Crippen LogP) is 1.72. The van der Waals surface area contributed by atoms with Gasteiger partial charge in [0.25, 0.3) is 0 Å². The Bertz CT molecular complexity index is 353. The minimum absolute atomic E-state index is 0.641. The molecule has 0 aliphatic carbocycles. The minimum atomic E-state index is 0.641. The molecule has 0 spiro atoms. The quantitative estimate of drug-likeness (QED) is 0.622. The van der Waals surface area contributed by atoms with Crippen LogP contribution in [0.5, 0.6) is 0 Å². The second-order valence-electron chi connectivity index (χ2n) is 2.69. The highest BCUT2D eigenvalue weighted by Gasteiger charge is 2.00. The molecular weight excluding hydrogens is 206 g/mol. The third-order valence-electron chi connectivity index (χ3n) is 1.72. The average molecular weight is 216 g/mol. The third-order valence-corrected chi connectivity index (χ3v) is 2.68. The maximum Gasteiger partial charge on any atom is 0.193 e. The Morgan fingerprint density at radius 1 is 1.62 bits per heavy atom. The van der Waals surface area contributed by atoms with Crippen LogP contribution in [0.3, 0.4) is 0 Å². The summed E-state index contributed by atoms with van der Waals surface area (Å²) in [4.78, 5) is 5.46. The van der Waals surface area contributed by atoms with E-state index < -0.39 is 0 Å². The molecule has 3 nitrogen and oxygen atoms in total. The van der Waals surface area contributed by atoms with Gasteiger partial charge in [-0.2, -0.15) is 0 Å². The second kappa shape index (κ2) is 4.09. The van der Waals surface area contributed by atoms with Crippen molar-refractivity contribution in [2.75, 3.05) is 12.4 Å². The SMILES string of the molecule is ClCCNCc1cn2ccsc2n1. The monoisotopic (exact) mass is 215 g/mol. The van der Waals surface area contributed by atoms with Crippen LogP contribution in [-0.2, 0) is 6.54 Å². The topological polar surface area (TPSA) is 29.3 Å². The molecule has 1 N–H and O–H groups in total. The first kappa shape index (κ1) is 8.99. The summed E-state index contributed by atoms with van der Waals surface area (Å²) in [5.74, 6) is 0.641. The largest absolute Gasteiger partial charge is 0.310 e. The van der Waals surface area contributed by atoms with Gasteiger partial charge in [-0.3, -0.25) is 4.40 Å². The van der Waals surface area contributed by atoms with Crippen LogP contribution in [0.4, 0.5) is 0 Å². The maximum absolute atomic E-state index is 5.54. The molecule has 0 aliphatic heterocycles. The van der Waals surface area contributed by atoms with Gasteiger partial charge >= 0.3 is 0 Å². The second-order valence-corrected chi connectivity index (χ2v) is 3.94. The van der Waals surface area contributed by atoms with E-state index in [0.717, 1.165) is 23.7 Å². The highest BCUT2D eigenvalue weighted by molar-refractivity contribution is 7.15. The molecule has 0 fully saturated rings. The van der Waals surface area contributed by atoms with Gasteiger partial charge in [0.2, 0.25) is 0 Å². The van der Waals surface area contributed by atoms with Gasteiger partial charge in [0.1, 0.15) is 0 Å². The van der Waals surface area contributed by atoms with Crippen LogP contribution in [0, 0.1) is 0 Å². The fraction of sp³-hybridized carbons (Fsp3) is 0.375. The highest BCUT2D eigenvalue weighted by Crippen LogP contribution is 2.10. The molecule has 0 saturated carbocycles. The van der Waals surface area contributed by atoms with E-state index in [2.05, 4.69) is 10.3 Å². The van der Waals surface area contributed by atoms with E-state index >= 15 is 0 Å². The summed E-state index contributed by atoms with van der Waals surface area (Å²) >= 11 is 7.18. The van der Waals surface area contributed by atoms with Crippen molar-refractivity contribution in [3.05, 3.63) is 23.5 Å². The normalized spacial score (nSPS) is 11.2. The van der Waals surface area contributed by atoms with E-state index in [-0.39, 0.29) is 0 Å². The zero-order valence-electron chi connectivity index (χ0n) is 7.03. The summed E-state index contributed by atoms with van der Waals surface area (Å²) in [6.45, 7) is 1.62. The number of hydrogen-bond acceptors (Lipinski definition) is 3. The molecule has 5 heteroatoms. The Balaban J connectivity index is 2.03. The number of hydrogen-bond donors (Lipinski definition) is 1. The molecular formula is C8H10ClN3S. The Morgan fingerprint density at radius 3 is 3.31 bits per heavy atom. The fourth-order valence-electron chi connectivity index (χ4n) is 1.14. The van der Waals surface area contributed by atoms with Gasteiger partial charge in [-0.05, 0) is 0 Å². The van der Waals surface area contributed by atoms with Gasteiger partial charge in [0.15, 0.2) is 4.96 Å². The summed E-state index contributed by atoms with van der Waals surface area (Å²) in [5, 5.41) is 5.23. The van der Waals surface area contributed by atoms with Gasteiger partial charge in [0, 0.05) is 36.7 Å². The lowest BCUT2D eigenvalue weighted by atomic mass is 10.5. The predicted molar refractivity (Wildman–Crippen MR) is 55.5 cm³/mol. The van der Waals surface area contributed by atoms with Gasteiger partial charge in [-0.15, -0.1) is 22.9 Å². The van der Waals surface area contributed by atoms with Crippen LogP contribution in [0.25, 0.3) is 4.96 Å². The fourth-order valence-corrected chi connectivity index (χ4v) is 2.00. The third kappa shape index (κ3) is 2.02. The first-order valence-electron chi connectivity index (χ1n) is 4.08.